The molecule has 1 saturated heterocycles. The van der Waals surface area contributed by atoms with Gasteiger partial charge in [-0.05, 0) is 12.8 Å². The van der Waals surface area contributed by atoms with Crippen molar-refractivity contribution in [1.29, 1.82) is 0 Å². The van der Waals surface area contributed by atoms with E-state index in [1.807, 2.05) is 17.9 Å². The summed E-state index contributed by atoms with van der Waals surface area (Å²) in [5.41, 5.74) is 7.65. The first-order chi connectivity index (χ1) is 9.15. The molecule has 1 aliphatic rings. The molecule has 0 amide bonds. The summed E-state index contributed by atoms with van der Waals surface area (Å²) in [5, 5.41) is 5.06. The standard InChI is InChI=1S/C14H26N4S/c1-4-12-10-18(6-7-19-12)14(13(15)5-2)11-8-16-17(3)9-11/h8-9,12-14H,4-7,10,15H2,1-3H3. The molecule has 2 heterocycles. The quantitative estimate of drug-likeness (QED) is 0.897. The van der Waals surface area contributed by atoms with Gasteiger partial charge in [-0.25, -0.2) is 0 Å². The molecule has 1 aliphatic heterocycles. The maximum atomic E-state index is 6.39. The summed E-state index contributed by atoms with van der Waals surface area (Å²) >= 11 is 2.10. The predicted molar refractivity (Wildman–Crippen MR) is 82.3 cm³/mol. The van der Waals surface area contributed by atoms with E-state index in [9.17, 15) is 0 Å². The second-order valence-electron chi connectivity index (χ2n) is 5.36. The number of nitrogens with two attached hydrogens (primary N) is 1. The average molecular weight is 282 g/mol. The Balaban J connectivity index is 2.17. The lowest BCUT2D eigenvalue weighted by Gasteiger charge is -2.39. The third-order valence-corrected chi connectivity index (χ3v) is 5.33. The molecular formula is C14H26N4S. The number of hydrogen-bond donors (Lipinski definition) is 1. The van der Waals surface area contributed by atoms with E-state index in [2.05, 4.69) is 41.8 Å². The van der Waals surface area contributed by atoms with Crippen LogP contribution in [0.25, 0.3) is 0 Å². The molecule has 19 heavy (non-hydrogen) atoms. The molecule has 4 nitrogen and oxygen atoms in total. The second-order valence-corrected chi connectivity index (χ2v) is 6.77. The van der Waals surface area contributed by atoms with Crippen LogP contribution in [-0.4, -0.2) is 44.8 Å². The van der Waals surface area contributed by atoms with Gasteiger partial charge in [0, 0.05) is 48.9 Å². The summed E-state index contributed by atoms with van der Waals surface area (Å²) in [6.07, 6.45) is 6.33. The van der Waals surface area contributed by atoms with Crippen LogP contribution in [-0.2, 0) is 7.05 Å². The van der Waals surface area contributed by atoms with E-state index in [1.54, 1.807) is 0 Å². The largest absolute Gasteiger partial charge is 0.326 e. The van der Waals surface area contributed by atoms with E-state index < -0.39 is 0 Å². The van der Waals surface area contributed by atoms with Crippen molar-refractivity contribution in [2.75, 3.05) is 18.8 Å². The molecule has 108 valence electrons. The highest BCUT2D eigenvalue weighted by atomic mass is 32.2. The maximum Gasteiger partial charge on any atom is 0.0538 e. The van der Waals surface area contributed by atoms with Crippen molar-refractivity contribution in [3.63, 3.8) is 0 Å². The van der Waals surface area contributed by atoms with Crippen LogP contribution in [0.1, 0.15) is 38.3 Å². The van der Waals surface area contributed by atoms with Crippen molar-refractivity contribution < 1.29 is 0 Å². The Morgan fingerprint density at radius 2 is 2.32 bits per heavy atom. The van der Waals surface area contributed by atoms with Gasteiger partial charge in [-0.3, -0.25) is 9.58 Å². The summed E-state index contributed by atoms with van der Waals surface area (Å²) in [7, 11) is 1.97. The van der Waals surface area contributed by atoms with Crippen LogP contribution in [0.4, 0.5) is 0 Å². The average Bonchev–Trinajstić information content (AvgIpc) is 2.85. The second kappa shape index (κ2) is 6.77. The Labute approximate surface area is 120 Å². The van der Waals surface area contributed by atoms with Gasteiger partial charge in [0.1, 0.15) is 0 Å². The highest BCUT2D eigenvalue weighted by Gasteiger charge is 2.30. The number of thioether (sulfide) groups is 1. The van der Waals surface area contributed by atoms with Gasteiger partial charge in [0.05, 0.1) is 12.2 Å². The van der Waals surface area contributed by atoms with Crippen molar-refractivity contribution in [3.05, 3.63) is 18.0 Å². The van der Waals surface area contributed by atoms with Crippen molar-refractivity contribution in [2.24, 2.45) is 12.8 Å². The maximum absolute atomic E-state index is 6.39. The first-order valence-corrected chi connectivity index (χ1v) is 8.30. The first-order valence-electron chi connectivity index (χ1n) is 7.25. The highest BCUT2D eigenvalue weighted by Crippen LogP contribution is 2.30. The van der Waals surface area contributed by atoms with Gasteiger partial charge in [0.15, 0.2) is 0 Å². The Kier molecular flexibility index (Phi) is 5.30. The Bertz CT molecular complexity index is 393. The molecule has 0 spiro atoms. The van der Waals surface area contributed by atoms with Crippen LogP contribution in [0.15, 0.2) is 12.4 Å². The predicted octanol–water partition coefficient (Wildman–Crippen LogP) is 2.03. The smallest absolute Gasteiger partial charge is 0.0538 e. The third kappa shape index (κ3) is 3.52. The monoisotopic (exact) mass is 282 g/mol. The SMILES string of the molecule is CCC1CN(C(c2cnn(C)c2)C(N)CC)CCS1. The summed E-state index contributed by atoms with van der Waals surface area (Å²) in [5.74, 6) is 1.21. The minimum Gasteiger partial charge on any atom is -0.326 e. The van der Waals surface area contributed by atoms with Crippen LogP contribution in [0, 0.1) is 0 Å². The Hall–Kier alpha value is -0.520. The van der Waals surface area contributed by atoms with Gasteiger partial charge in [-0.2, -0.15) is 16.9 Å². The zero-order valence-corrected chi connectivity index (χ0v) is 13.1. The Morgan fingerprint density at radius 3 is 2.89 bits per heavy atom. The molecule has 0 radical (unpaired) electrons. The molecule has 0 aliphatic carbocycles. The van der Waals surface area contributed by atoms with E-state index in [0.717, 1.165) is 24.8 Å². The first kappa shape index (κ1) is 14.9. The zero-order chi connectivity index (χ0) is 13.8. The van der Waals surface area contributed by atoms with Gasteiger partial charge in [0.25, 0.3) is 0 Å². The molecule has 1 aromatic rings. The number of rotatable bonds is 5. The molecular weight excluding hydrogens is 256 g/mol. The van der Waals surface area contributed by atoms with Gasteiger partial charge in [-0.15, -0.1) is 0 Å². The fourth-order valence-electron chi connectivity index (χ4n) is 2.79. The molecule has 0 bridgehead atoms. The van der Waals surface area contributed by atoms with Gasteiger partial charge < -0.3 is 5.73 Å². The normalized spacial score (nSPS) is 24.3. The number of hydrogen-bond acceptors (Lipinski definition) is 4. The van der Waals surface area contributed by atoms with E-state index in [0.29, 0.717) is 6.04 Å². The third-order valence-electron chi connectivity index (χ3n) is 3.96. The van der Waals surface area contributed by atoms with E-state index in [1.165, 1.54) is 17.7 Å². The summed E-state index contributed by atoms with van der Waals surface area (Å²) in [6, 6.07) is 0.499. The van der Waals surface area contributed by atoms with Crippen molar-refractivity contribution in [1.82, 2.24) is 14.7 Å². The molecule has 2 rings (SSSR count). The van der Waals surface area contributed by atoms with Crippen LogP contribution < -0.4 is 5.73 Å². The minimum atomic E-state index is 0.185. The summed E-state index contributed by atoms with van der Waals surface area (Å²) in [4.78, 5) is 2.57. The highest BCUT2D eigenvalue weighted by molar-refractivity contribution is 8.00. The lowest BCUT2D eigenvalue weighted by molar-refractivity contribution is 0.174. The molecule has 1 aromatic heterocycles. The number of nitrogens with zero attached hydrogens (tertiary/aromatic N) is 3. The van der Waals surface area contributed by atoms with Gasteiger partial charge in [-0.1, -0.05) is 13.8 Å². The van der Waals surface area contributed by atoms with Crippen LogP contribution in [0.2, 0.25) is 0 Å². The van der Waals surface area contributed by atoms with Crippen molar-refractivity contribution in [3.8, 4) is 0 Å². The van der Waals surface area contributed by atoms with Crippen LogP contribution >= 0.6 is 11.8 Å². The van der Waals surface area contributed by atoms with Gasteiger partial charge in [0.2, 0.25) is 0 Å². The fourth-order valence-corrected chi connectivity index (χ4v) is 3.99. The van der Waals surface area contributed by atoms with E-state index in [-0.39, 0.29) is 6.04 Å². The number of aryl methyl sites for hydroxylation is 1. The van der Waals surface area contributed by atoms with Crippen LogP contribution in [0.5, 0.6) is 0 Å². The molecule has 3 unspecified atom stereocenters. The van der Waals surface area contributed by atoms with E-state index in [4.69, 9.17) is 5.73 Å². The topological polar surface area (TPSA) is 47.1 Å². The molecule has 0 aromatic carbocycles. The lowest BCUT2D eigenvalue weighted by Crippen LogP contribution is -2.46. The zero-order valence-electron chi connectivity index (χ0n) is 12.2. The van der Waals surface area contributed by atoms with Crippen molar-refractivity contribution in [2.45, 2.75) is 44.0 Å². The fraction of sp³-hybridized carbons (Fsp3) is 0.786. The van der Waals surface area contributed by atoms with Gasteiger partial charge >= 0.3 is 0 Å². The minimum absolute atomic E-state index is 0.185. The molecule has 2 N–H and O–H groups in total. The lowest BCUT2D eigenvalue weighted by atomic mass is 9.98. The summed E-state index contributed by atoms with van der Waals surface area (Å²) < 4.78 is 1.88. The van der Waals surface area contributed by atoms with E-state index >= 15 is 0 Å². The molecule has 3 atom stereocenters. The molecule has 1 fully saturated rings. The van der Waals surface area contributed by atoms with Crippen molar-refractivity contribution >= 4 is 11.8 Å². The Morgan fingerprint density at radius 1 is 1.53 bits per heavy atom. The van der Waals surface area contributed by atoms with Crippen LogP contribution in [0.3, 0.4) is 0 Å². The number of aromatic nitrogens is 2. The summed E-state index contributed by atoms with van der Waals surface area (Å²) in [6.45, 7) is 6.73. The molecule has 0 saturated carbocycles. The molecule has 5 heteroatoms.